The van der Waals surface area contributed by atoms with Crippen LogP contribution in [0.25, 0.3) is 0 Å². The van der Waals surface area contributed by atoms with Crippen molar-refractivity contribution in [3.63, 3.8) is 0 Å². The SMILES string of the molecule is CCc1cccc(C(O)C2(OC)CCCC2)c1. The maximum atomic E-state index is 10.6. The molecule has 1 aromatic rings. The molecule has 0 heterocycles. The van der Waals surface area contributed by atoms with Crippen molar-refractivity contribution in [3.05, 3.63) is 35.4 Å². The Morgan fingerprint density at radius 1 is 1.35 bits per heavy atom. The first-order chi connectivity index (χ1) is 8.22. The molecule has 0 bridgehead atoms. The molecule has 2 nitrogen and oxygen atoms in total. The lowest BCUT2D eigenvalue weighted by Crippen LogP contribution is -2.35. The van der Waals surface area contributed by atoms with Gasteiger partial charge in [-0.2, -0.15) is 0 Å². The Kier molecular flexibility index (Phi) is 3.85. The average molecular weight is 234 g/mol. The lowest BCUT2D eigenvalue weighted by molar-refractivity contribution is -0.100. The third-order valence-corrected chi connectivity index (χ3v) is 4.03. The van der Waals surface area contributed by atoms with Gasteiger partial charge in [-0.05, 0) is 30.4 Å². The standard InChI is InChI=1S/C15H22O2/c1-3-12-7-6-8-13(11-12)14(16)15(17-2)9-4-5-10-15/h6-8,11,14,16H,3-5,9-10H2,1-2H3. The Labute approximate surface area is 104 Å². The third-order valence-electron chi connectivity index (χ3n) is 4.03. The summed E-state index contributed by atoms with van der Waals surface area (Å²) >= 11 is 0. The molecule has 0 amide bonds. The monoisotopic (exact) mass is 234 g/mol. The van der Waals surface area contributed by atoms with Crippen LogP contribution in [-0.2, 0) is 11.2 Å². The summed E-state index contributed by atoms with van der Waals surface area (Å²) in [7, 11) is 1.72. The van der Waals surface area contributed by atoms with Gasteiger partial charge >= 0.3 is 0 Å². The number of ether oxygens (including phenoxy) is 1. The third kappa shape index (κ3) is 2.38. The quantitative estimate of drug-likeness (QED) is 0.866. The molecule has 0 saturated heterocycles. The van der Waals surface area contributed by atoms with Gasteiger partial charge in [0.25, 0.3) is 0 Å². The predicted octanol–water partition coefficient (Wildman–Crippen LogP) is 3.24. The Morgan fingerprint density at radius 3 is 2.65 bits per heavy atom. The zero-order valence-corrected chi connectivity index (χ0v) is 10.8. The number of aliphatic hydroxyl groups excluding tert-OH is 1. The summed E-state index contributed by atoms with van der Waals surface area (Å²) in [6, 6.07) is 8.23. The van der Waals surface area contributed by atoms with Crippen LogP contribution < -0.4 is 0 Å². The summed E-state index contributed by atoms with van der Waals surface area (Å²) in [4.78, 5) is 0. The Balaban J connectivity index is 2.25. The molecule has 0 aromatic heterocycles. The summed E-state index contributed by atoms with van der Waals surface area (Å²) in [5.41, 5.74) is 1.91. The largest absolute Gasteiger partial charge is 0.385 e. The van der Waals surface area contributed by atoms with Crippen LogP contribution in [-0.4, -0.2) is 17.8 Å². The molecule has 1 saturated carbocycles. The molecule has 1 unspecified atom stereocenters. The van der Waals surface area contributed by atoms with Gasteiger partial charge < -0.3 is 9.84 Å². The van der Waals surface area contributed by atoms with Gasteiger partial charge in [-0.1, -0.05) is 44.0 Å². The van der Waals surface area contributed by atoms with E-state index in [1.165, 1.54) is 5.56 Å². The molecule has 1 aliphatic rings. The summed E-state index contributed by atoms with van der Waals surface area (Å²) in [5.74, 6) is 0. The fraction of sp³-hybridized carbons (Fsp3) is 0.600. The Bertz CT molecular complexity index is 367. The second kappa shape index (κ2) is 5.19. The van der Waals surface area contributed by atoms with E-state index in [0.717, 1.165) is 37.7 Å². The van der Waals surface area contributed by atoms with Gasteiger partial charge in [0.1, 0.15) is 6.10 Å². The molecule has 17 heavy (non-hydrogen) atoms. The summed E-state index contributed by atoms with van der Waals surface area (Å²) < 4.78 is 5.64. The minimum absolute atomic E-state index is 0.355. The molecular weight excluding hydrogens is 212 g/mol. The minimum Gasteiger partial charge on any atom is -0.385 e. The second-order valence-electron chi connectivity index (χ2n) is 4.98. The molecule has 1 aliphatic carbocycles. The highest BCUT2D eigenvalue weighted by molar-refractivity contribution is 5.27. The zero-order chi connectivity index (χ0) is 12.3. The van der Waals surface area contributed by atoms with Crippen molar-refractivity contribution in [1.82, 2.24) is 0 Å². The van der Waals surface area contributed by atoms with Crippen LogP contribution in [0.5, 0.6) is 0 Å². The first-order valence-electron chi connectivity index (χ1n) is 6.54. The smallest absolute Gasteiger partial charge is 0.108 e. The number of hydrogen-bond donors (Lipinski definition) is 1. The number of hydrogen-bond acceptors (Lipinski definition) is 2. The van der Waals surface area contributed by atoms with Crippen molar-refractivity contribution in [2.45, 2.75) is 50.7 Å². The van der Waals surface area contributed by atoms with Crippen molar-refractivity contribution in [2.24, 2.45) is 0 Å². The van der Waals surface area contributed by atoms with Crippen LogP contribution in [0.4, 0.5) is 0 Å². The molecule has 0 aliphatic heterocycles. The summed E-state index contributed by atoms with van der Waals surface area (Å²) in [6.45, 7) is 2.13. The van der Waals surface area contributed by atoms with E-state index in [1.807, 2.05) is 12.1 Å². The van der Waals surface area contributed by atoms with Gasteiger partial charge in [-0.25, -0.2) is 0 Å². The maximum Gasteiger partial charge on any atom is 0.108 e. The van der Waals surface area contributed by atoms with Gasteiger partial charge in [0, 0.05) is 7.11 Å². The molecule has 0 spiro atoms. The fourth-order valence-corrected chi connectivity index (χ4v) is 2.85. The molecule has 1 fully saturated rings. The molecule has 2 heteroatoms. The van der Waals surface area contributed by atoms with E-state index in [-0.39, 0.29) is 5.60 Å². The normalized spacial score (nSPS) is 20.4. The number of aryl methyl sites for hydroxylation is 1. The van der Waals surface area contributed by atoms with Gasteiger partial charge in [0.05, 0.1) is 5.60 Å². The van der Waals surface area contributed by atoms with Crippen LogP contribution >= 0.6 is 0 Å². The van der Waals surface area contributed by atoms with Crippen molar-refractivity contribution in [2.75, 3.05) is 7.11 Å². The van der Waals surface area contributed by atoms with Crippen molar-refractivity contribution >= 4 is 0 Å². The highest BCUT2D eigenvalue weighted by Gasteiger charge is 2.41. The molecule has 1 atom stereocenters. The maximum absolute atomic E-state index is 10.6. The van der Waals surface area contributed by atoms with Crippen LogP contribution in [0.15, 0.2) is 24.3 Å². The first-order valence-corrected chi connectivity index (χ1v) is 6.54. The second-order valence-corrected chi connectivity index (χ2v) is 4.98. The van der Waals surface area contributed by atoms with Crippen molar-refractivity contribution in [1.29, 1.82) is 0 Å². The minimum atomic E-state index is -0.499. The van der Waals surface area contributed by atoms with E-state index in [1.54, 1.807) is 7.11 Å². The fourth-order valence-electron chi connectivity index (χ4n) is 2.85. The van der Waals surface area contributed by atoms with E-state index >= 15 is 0 Å². The Morgan fingerprint density at radius 2 is 2.06 bits per heavy atom. The molecule has 2 rings (SSSR count). The summed E-state index contributed by atoms with van der Waals surface area (Å²) in [6.07, 6.45) is 4.72. The number of methoxy groups -OCH3 is 1. The van der Waals surface area contributed by atoms with Crippen LogP contribution in [0, 0.1) is 0 Å². The number of rotatable bonds is 4. The van der Waals surface area contributed by atoms with Crippen LogP contribution in [0.2, 0.25) is 0 Å². The van der Waals surface area contributed by atoms with E-state index in [4.69, 9.17) is 4.74 Å². The Hall–Kier alpha value is -0.860. The van der Waals surface area contributed by atoms with Gasteiger partial charge in [-0.3, -0.25) is 0 Å². The van der Waals surface area contributed by atoms with E-state index in [0.29, 0.717) is 0 Å². The van der Waals surface area contributed by atoms with Crippen LogP contribution in [0.1, 0.15) is 49.8 Å². The van der Waals surface area contributed by atoms with E-state index in [9.17, 15) is 5.11 Å². The average Bonchev–Trinajstić information content (AvgIpc) is 2.88. The van der Waals surface area contributed by atoms with Gasteiger partial charge in [0.2, 0.25) is 0 Å². The van der Waals surface area contributed by atoms with Gasteiger partial charge in [0.15, 0.2) is 0 Å². The van der Waals surface area contributed by atoms with E-state index in [2.05, 4.69) is 19.1 Å². The molecular formula is C15H22O2. The molecule has 1 aromatic carbocycles. The zero-order valence-electron chi connectivity index (χ0n) is 10.8. The van der Waals surface area contributed by atoms with E-state index < -0.39 is 6.10 Å². The number of aliphatic hydroxyl groups is 1. The topological polar surface area (TPSA) is 29.5 Å². The molecule has 94 valence electrons. The first kappa shape index (κ1) is 12.6. The molecule has 1 N–H and O–H groups in total. The van der Waals surface area contributed by atoms with Crippen LogP contribution in [0.3, 0.4) is 0 Å². The lowest BCUT2D eigenvalue weighted by Gasteiger charge is -2.33. The summed E-state index contributed by atoms with van der Waals surface area (Å²) in [5, 5.41) is 10.6. The van der Waals surface area contributed by atoms with Crippen molar-refractivity contribution < 1.29 is 9.84 Å². The molecule has 0 radical (unpaired) electrons. The van der Waals surface area contributed by atoms with Crippen molar-refractivity contribution in [3.8, 4) is 0 Å². The lowest BCUT2D eigenvalue weighted by atomic mass is 9.88. The van der Waals surface area contributed by atoms with Gasteiger partial charge in [-0.15, -0.1) is 0 Å². The number of benzene rings is 1. The highest BCUT2D eigenvalue weighted by atomic mass is 16.5. The predicted molar refractivity (Wildman–Crippen MR) is 69.0 cm³/mol. The highest BCUT2D eigenvalue weighted by Crippen LogP contribution is 2.42.